The summed E-state index contributed by atoms with van der Waals surface area (Å²) in [6, 6.07) is 30.5. The Labute approximate surface area is 235 Å². The Morgan fingerprint density at radius 3 is 1.78 bits per heavy atom. The van der Waals surface area contributed by atoms with Crippen molar-refractivity contribution in [3.05, 3.63) is 131 Å². The number of rotatable bonds is 5. The highest BCUT2D eigenvalue weighted by molar-refractivity contribution is 6.21. The third-order valence-corrected chi connectivity index (χ3v) is 8.09. The van der Waals surface area contributed by atoms with Crippen molar-refractivity contribution in [2.45, 2.75) is 17.9 Å². The Bertz CT molecular complexity index is 1640. The van der Waals surface area contributed by atoms with Gasteiger partial charge in [0, 0.05) is 18.4 Å². The number of imide groups is 1. The average molecular weight is 545 g/mol. The van der Waals surface area contributed by atoms with Crippen LogP contribution in [0, 0.1) is 0 Å². The molecule has 8 heteroatoms. The van der Waals surface area contributed by atoms with Gasteiger partial charge in [0.1, 0.15) is 12.6 Å². The molecule has 1 aliphatic carbocycles. The zero-order valence-electron chi connectivity index (χ0n) is 21.8. The smallest absolute Gasteiger partial charge is 0.410 e. The van der Waals surface area contributed by atoms with Crippen molar-refractivity contribution >= 4 is 23.9 Å². The van der Waals surface area contributed by atoms with Crippen LogP contribution in [0.2, 0.25) is 0 Å². The van der Waals surface area contributed by atoms with Crippen molar-refractivity contribution in [1.82, 2.24) is 9.96 Å². The van der Waals surface area contributed by atoms with Crippen LogP contribution in [0.3, 0.4) is 0 Å². The lowest BCUT2D eigenvalue weighted by Gasteiger charge is -2.45. The molecule has 2 atom stereocenters. The van der Waals surface area contributed by atoms with Crippen LogP contribution in [0.1, 0.15) is 49.2 Å². The molecular weight excluding hydrogens is 520 g/mol. The summed E-state index contributed by atoms with van der Waals surface area (Å²) in [6.07, 6.45) is -0.664. The van der Waals surface area contributed by atoms with Crippen molar-refractivity contribution in [1.29, 1.82) is 0 Å². The highest BCUT2D eigenvalue weighted by Gasteiger charge is 2.51. The fraction of sp³-hybridized carbons (Fsp3) is 0.152. The van der Waals surface area contributed by atoms with Crippen LogP contribution in [0.15, 0.2) is 103 Å². The lowest BCUT2D eigenvalue weighted by Crippen LogP contribution is -2.62. The maximum Gasteiger partial charge on any atom is 0.410 e. The largest absolute Gasteiger partial charge is 0.448 e. The Kier molecular flexibility index (Phi) is 5.89. The van der Waals surface area contributed by atoms with Gasteiger partial charge in [0.05, 0.1) is 11.1 Å². The second-order valence-electron chi connectivity index (χ2n) is 10.3. The lowest BCUT2D eigenvalue weighted by atomic mass is 9.83. The minimum Gasteiger partial charge on any atom is -0.448 e. The summed E-state index contributed by atoms with van der Waals surface area (Å²) in [4.78, 5) is 59.2. The molecule has 4 aromatic carbocycles. The Balaban J connectivity index is 1.11. The predicted octanol–water partition coefficient (Wildman–Crippen LogP) is 5.16. The van der Waals surface area contributed by atoms with E-state index in [0.717, 1.165) is 27.8 Å². The quantitative estimate of drug-likeness (QED) is 0.323. The maximum absolute atomic E-state index is 13.5. The molecule has 1 saturated heterocycles. The number of hydroxylamine groups is 2. The van der Waals surface area contributed by atoms with E-state index >= 15 is 0 Å². The third-order valence-electron chi connectivity index (χ3n) is 8.09. The van der Waals surface area contributed by atoms with E-state index in [4.69, 9.17) is 9.57 Å². The highest BCUT2D eigenvalue weighted by atomic mass is 16.7. The molecule has 1 fully saturated rings. The van der Waals surface area contributed by atoms with E-state index in [1.165, 1.54) is 17.0 Å². The third kappa shape index (κ3) is 3.98. The number of hydrogen-bond donors (Lipinski definition) is 0. The summed E-state index contributed by atoms with van der Waals surface area (Å²) < 4.78 is 5.80. The van der Waals surface area contributed by atoms with Crippen LogP contribution in [-0.2, 0) is 14.4 Å². The summed E-state index contributed by atoms with van der Waals surface area (Å²) in [5, 5.41) is 0.475. The van der Waals surface area contributed by atoms with E-state index in [2.05, 4.69) is 12.1 Å². The first-order chi connectivity index (χ1) is 20.0. The first-order valence-electron chi connectivity index (χ1n) is 13.4. The SMILES string of the molecule is O=C(ON1C(=O)c2ccccc2C1=O)[C@@H]1[C@@H](c2ccccc2)CN1C(=O)OCC1c2ccccc2-c2ccccc21. The lowest BCUT2D eigenvalue weighted by molar-refractivity contribution is -0.180. The predicted molar refractivity (Wildman–Crippen MR) is 148 cm³/mol. The highest BCUT2D eigenvalue weighted by Crippen LogP contribution is 2.45. The number of hydrogen-bond acceptors (Lipinski definition) is 6. The van der Waals surface area contributed by atoms with Crippen molar-refractivity contribution in [3.8, 4) is 11.1 Å². The summed E-state index contributed by atoms with van der Waals surface area (Å²) in [5.74, 6) is -2.85. The Hall–Kier alpha value is -5.24. The number of likely N-dealkylation sites (tertiary alicyclic amines) is 1. The van der Waals surface area contributed by atoms with Gasteiger partial charge in [-0.15, -0.1) is 0 Å². The molecule has 8 nitrogen and oxygen atoms in total. The zero-order valence-corrected chi connectivity index (χ0v) is 21.8. The van der Waals surface area contributed by atoms with E-state index in [0.29, 0.717) is 5.06 Å². The molecule has 2 aliphatic heterocycles. The topological polar surface area (TPSA) is 93.2 Å². The van der Waals surface area contributed by atoms with E-state index in [9.17, 15) is 19.2 Å². The number of carbonyl (C=O) groups excluding carboxylic acids is 4. The minimum absolute atomic E-state index is 0.0968. The molecule has 0 spiro atoms. The monoisotopic (exact) mass is 544 g/mol. The van der Waals surface area contributed by atoms with Crippen LogP contribution >= 0.6 is 0 Å². The Morgan fingerprint density at radius 2 is 1.20 bits per heavy atom. The molecule has 0 unspecified atom stereocenters. The summed E-state index contributed by atoms with van der Waals surface area (Å²) in [7, 11) is 0. The second-order valence-corrected chi connectivity index (χ2v) is 10.3. The van der Waals surface area contributed by atoms with Crippen LogP contribution in [0.4, 0.5) is 4.79 Å². The van der Waals surface area contributed by atoms with E-state index in [1.54, 1.807) is 12.1 Å². The molecule has 0 radical (unpaired) electrons. The van der Waals surface area contributed by atoms with Gasteiger partial charge >= 0.3 is 12.1 Å². The molecule has 7 rings (SSSR count). The molecule has 4 aromatic rings. The van der Waals surface area contributed by atoms with Gasteiger partial charge in [-0.25, -0.2) is 9.59 Å². The Morgan fingerprint density at radius 1 is 0.683 bits per heavy atom. The van der Waals surface area contributed by atoms with Gasteiger partial charge < -0.3 is 9.57 Å². The van der Waals surface area contributed by atoms with Crippen LogP contribution < -0.4 is 0 Å². The fourth-order valence-electron chi connectivity index (χ4n) is 6.04. The van der Waals surface area contributed by atoms with Gasteiger partial charge in [-0.2, -0.15) is 0 Å². The summed E-state index contributed by atoms with van der Waals surface area (Å²) in [6.45, 7) is 0.322. The number of amides is 3. The molecule has 0 saturated carbocycles. The van der Waals surface area contributed by atoms with Crippen molar-refractivity contribution < 1.29 is 28.8 Å². The molecule has 41 heavy (non-hydrogen) atoms. The molecule has 202 valence electrons. The van der Waals surface area contributed by atoms with Crippen LogP contribution in [0.5, 0.6) is 0 Å². The van der Waals surface area contributed by atoms with Crippen LogP contribution in [-0.4, -0.2) is 53.0 Å². The number of carbonyl (C=O) groups is 4. The van der Waals surface area contributed by atoms with Gasteiger partial charge in [-0.3, -0.25) is 14.5 Å². The van der Waals surface area contributed by atoms with Crippen molar-refractivity contribution in [2.75, 3.05) is 13.2 Å². The van der Waals surface area contributed by atoms with E-state index in [1.807, 2.05) is 66.7 Å². The van der Waals surface area contributed by atoms with Gasteiger partial charge in [0.25, 0.3) is 11.8 Å². The van der Waals surface area contributed by atoms with Gasteiger partial charge in [-0.05, 0) is 39.9 Å². The maximum atomic E-state index is 13.5. The molecule has 0 N–H and O–H groups in total. The standard InChI is InChI=1S/C33H24N2O6/c36-30-25-16-8-9-17-26(25)31(37)35(30)41-32(38)29-27(20-10-2-1-3-11-20)18-34(29)33(39)40-19-28-23-14-6-4-12-21(23)22-13-5-7-15-24(22)28/h1-17,27-29H,18-19H2/t27-,29+/m1/s1. The molecule has 0 bridgehead atoms. The van der Waals surface area contributed by atoms with Gasteiger partial charge in [0.2, 0.25) is 0 Å². The van der Waals surface area contributed by atoms with E-state index < -0.39 is 29.9 Å². The number of benzene rings is 4. The normalized spacial score (nSPS) is 18.8. The molecule has 3 amide bonds. The minimum atomic E-state index is -1.07. The zero-order chi connectivity index (χ0) is 28.1. The number of ether oxygens (including phenoxy) is 1. The molecule has 3 aliphatic rings. The van der Waals surface area contributed by atoms with Gasteiger partial charge in [0.15, 0.2) is 0 Å². The fourth-order valence-corrected chi connectivity index (χ4v) is 6.04. The molecule has 0 aromatic heterocycles. The first-order valence-corrected chi connectivity index (χ1v) is 13.4. The number of fused-ring (bicyclic) bond motifs is 4. The molecular formula is C33H24N2O6. The molecule has 2 heterocycles. The number of nitrogens with zero attached hydrogens (tertiary/aromatic N) is 2. The first kappa shape index (κ1) is 24.8. The average Bonchev–Trinajstić information content (AvgIpc) is 3.43. The van der Waals surface area contributed by atoms with E-state index in [-0.39, 0.29) is 36.1 Å². The van der Waals surface area contributed by atoms with Crippen molar-refractivity contribution in [2.24, 2.45) is 0 Å². The van der Waals surface area contributed by atoms with Crippen LogP contribution in [0.25, 0.3) is 11.1 Å². The summed E-state index contributed by atoms with van der Waals surface area (Å²) in [5.41, 5.74) is 5.53. The van der Waals surface area contributed by atoms with Crippen molar-refractivity contribution in [3.63, 3.8) is 0 Å². The second kappa shape index (κ2) is 9.75. The summed E-state index contributed by atoms with van der Waals surface area (Å²) >= 11 is 0. The van der Waals surface area contributed by atoms with Gasteiger partial charge in [-0.1, -0.05) is 96.1 Å².